The molecule has 0 amide bonds. The normalized spacial score (nSPS) is 17.5. The molecule has 0 bridgehead atoms. The van der Waals surface area contributed by atoms with Gasteiger partial charge in [-0.1, -0.05) is 6.58 Å². The summed E-state index contributed by atoms with van der Waals surface area (Å²) in [5, 5.41) is 0. The molecule has 3 nitrogen and oxygen atoms in total. The largest absolute Gasteiger partial charge is 0.496 e. The summed E-state index contributed by atoms with van der Waals surface area (Å²) in [6.07, 6.45) is 1.59. The topological polar surface area (TPSA) is 35.5 Å². The zero-order valence-corrected chi connectivity index (χ0v) is 9.45. The molecule has 1 aliphatic heterocycles. The number of carbonyl (C=O) groups excluding carboxylic acids is 1. The first-order valence-electron chi connectivity index (χ1n) is 5.14. The third kappa shape index (κ3) is 1.69. The van der Waals surface area contributed by atoms with Gasteiger partial charge in [0.05, 0.1) is 12.7 Å². The Hall–Kier alpha value is -1.77. The van der Waals surface area contributed by atoms with Crippen LogP contribution in [0.2, 0.25) is 0 Å². The van der Waals surface area contributed by atoms with Crippen LogP contribution in [0.3, 0.4) is 0 Å². The quantitative estimate of drug-likeness (QED) is 0.577. The number of fused-ring (bicyclic) bond motifs is 1. The van der Waals surface area contributed by atoms with Crippen LogP contribution < -0.4 is 9.47 Å². The van der Waals surface area contributed by atoms with Crippen LogP contribution in [0.1, 0.15) is 22.8 Å². The second kappa shape index (κ2) is 4.00. The molecule has 3 heteroatoms. The lowest BCUT2D eigenvalue weighted by molar-refractivity contribution is 0.112. The smallest absolute Gasteiger partial charge is 0.153 e. The standard InChI is InChI=1S/C13H14O3/c1-8(2)11-5-9-4-10(7-14)12(15-3)6-13(9)16-11/h4,6-7,11H,1,5H2,2-3H3/t11-/m1/s1. The molecule has 2 rings (SSSR count). The van der Waals surface area contributed by atoms with E-state index in [0.29, 0.717) is 11.3 Å². The molecule has 0 aliphatic carbocycles. The molecule has 0 spiro atoms. The highest BCUT2D eigenvalue weighted by molar-refractivity contribution is 5.80. The van der Waals surface area contributed by atoms with Crippen molar-refractivity contribution in [3.8, 4) is 11.5 Å². The number of benzene rings is 1. The monoisotopic (exact) mass is 218 g/mol. The predicted octanol–water partition coefficient (Wildman–Crippen LogP) is 2.39. The minimum atomic E-state index is 0.0154. The van der Waals surface area contributed by atoms with E-state index >= 15 is 0 Å². The van der Waals surface area contributed by atoms with Crippen LogP contribution in [-0.2, 0) is 6.42 Å². The summed E-state index contributed by atoms with van der Waals surface area (Å²) < 4.78 is 10.8. The molecule has 0 N–H and O–H groups in total. The molecule has 1 aliphatic rings. The van der Waals surface area contributed by atoms with Crippen molar-refractivity contribution >= 4 is 6.29 Å². The fraction of sp³-hybridized carbons (Fsp3) is 0.308. The Morgan fingerprint density at radius 2 is 2.38 bits per heavy atom. The highest BCUT2D eigenvalue weighted by Gasteiger charge is 2.25. The number of methoxy groups -OCH3 is 1. The van der Waals surface area contributed by atoms with Crippen LogP contribution in [-0.4, -0.2) is 19.5 Å². The van der Waals surface area contributed by atoms with Crippen molar-refractivity contribution in [3.05, 3.63) is 35.4 Å². The molecule has 16 heavy (non-hydrogen) atoms. The molecule has 0 fully saturated rings. The molecule has 0 aromatic heterocycles. The molecule has 1 aromatic carbocycles. The van der Waals surface area contributed by atoms with Gasteiger partial charge in [-0.3, -0.25) is 4.79 Å². The SMILES string of the molecule is C=C(C)[C@H]1Cc2cc(C=O)c(OC)cc2O1. The van der Waals surface area contributed by atoms with Gasteiger partial charge in [0.1, 0.15) is 17.6 Å². The van der Waals surface area contributed by atoms with E-state index in [0.717, 1.165) is 29.6 Å². The highest BCUT2D eigenvalue weighted by Crippen LogP contribution is 2.36. The van der Waals surface area contributed by atoms with Gasteiger partial charge >= 0.3 is 0 Å². The summed E-state index contributed by atoms with van der Waals surface area (Å²) in [5.41, 5.74) is 2.59. The maximum atomic E-state index is 10.9. The minimum absolute atomic E-state index is 0.0154. The molecule has 0 saturated carbocycles. The van der Waals surface area contributed by atoms with E-state index in [1.165, 1.54) is 0 Å². The molecule has 0 saturated heterocycles. The van der Waals surface area contributed by atoms with Crippen molar-refractivity contribution in [3.63, 3.8) is 0 Å². The lowest BCUT2D eigenvalue weighted by atomic mass is 10.0. The van der Waals surface area contributed by atoms with E-state index in [9.17, 15) is 4.79 Å². The number of aldehydes is 1. The van der Waals surface area contributed by atoms with Gasteiger partial charge in [0.2, 0.25) is 0 Å². The molecular weight excluding hydrogens is 204 g/mol. The van der Waals surface area contributed by atoms with Gasteiger partial charge in [0, 0.05) is 12.5 Å². The second-order valence-corrected chi connectivity index (χ2v) is 3.98. The zero-order valence-electron chi connectivity index (χ0n) is 9.45. The maximum Gasteiger partial charge on any atom is 0.153 e. The Kier molecular flexibility index (Phi) is 2.69. The lowest BCUT2D eigenvalue weighted by Gasteiger charge is -2.09. The number of hydrogen-bond acceptors (Lipinski definition) is 3. The maximum absolute atomic E-state index is 10.9. The first kappa shape index (κ1) is 10.7. The average molecular weight is 218 g/mol. The second-order valence-electron chi connectivity index (χ2n) is 3.98. The Morgan fingerprint density at radius 3 is 2.94 bits per heavy atom. The van der Waals surface area contributed by atoms with E-state index in [4.69, 9.17) is 9.47 Å². The van der Waals surface area contributed by atoms with Crippen molar-refractivity contribution < 1.29 is 14.3 Å². The summed E-state index contributed by atoms with van der Waals surface area (Å²) in [6, 6.07) is 3.59. The van der Waals surface area contributed by atoms with Crippen LogP contribution in [0.25, 0.3) is 0 Å². The summed E-state index contributed by atoms with van der Waals surface area (Å²) >= 11 is 0. The number of hydrogen-bond donors (Lipinski definition) is 0. The third-order valence-electron chi connectivity index (χ3n) is 2.76. The summed E-state index contributed by atoms with van der Waals surface area (Å²) in [5.74, 6) is 1.34. The van der Waals surface area contributed by atoms with Crippen LogP contribution in [0.5, 0.6) is 11.5 Å². The van der Waals surface area contributed by atoms with Crippen LogP contribution in [0.4, 0.5) is 0 Å². The van der Waals surface area contributed by atoms with E-state index < -0.39 is 0 Å². The van der Waals surface area contributed by atoms with Crippen LogP contribution >= 0.6 is 0 Å². The van der Waals surface area contributed by atoms with E-state index in [1.54, 1.807) is 13.2 Å². The molecule has 84 valence electrons. The Labute approximate surface area is 94.7 Å². The van der Waals surface area contributed by atoms with E-state index in [-0.39, 0.29) is 6.10 Å². The van der Waals surface area contributed by atoms with Crippen molar-refractivity contribution in [2.75, 3.05) is 7.11 Å². The third-order valence-corrected chi connectivity index (χ3v) is 2.76. The predicted molar refractivity (Wildman–Crippen MR) is 61.3 cm³/mol. The van der Waals surface area contributed by atoms with Crippen molar-refractivity contribution in [2.24, 2.45) is 0 Å². The van der Waals surface area contributed by atoms with Gasteiger partial charge in [-0.2, -0.15) is 0 Å². The first-order chi connectivity index (χ1) is 7.65. The molecular formula is C13H14O3. The Bertz CT molecular complexity index is 449. The summed E-state index contributed by atoms with van der Waals surface area (Å²) in [7, 11) is 1.54. The molecule has 0 radical (unpaired) electrons. The van der Waals surface area contributed by atoms with Gasteiger partial charge < -0.3 is 9.47 Å². The number of ether oxygens (including phenoxy) is 2. The van der Waals surface area contributed by atoms with Crippen molar-refractivity contribution in [2.45, 2.75) is 19.4 Å². The minimum Gasteiger partial charge on any atom is -0.496 e. The van der Waals surface area contributed by atoms with Gasteiger partial charge in [0.15, 0.2) is 6.29 Å². The first-order valence-corrected chi connectivity index (χ1v) is 5.14. The summed E-state index contributed by atoms with van der Waals surface area (Å²) in [4.78, 5) is 10.9. The van der Waals surface area contributed by atoms with E-state index in [1.807, 2.05) is 13.0 Å². The highest BCUT2D eigenvalue weighted by atomic mass is 16.5. The number of rotatable bonds is 3. The molecule has 1 aromatic rings. The Morgan fingerprint density at radius 1 is 1.62 bits per heavy atom. The average Bonchev–Trinajstić information content (AvgIpc) is 2.69. The fourth-order valence-electron chi connectivity index (χ4n) is 1.83. The van der Waals surface area contributed by atoms with Crippen LogP contribution in [0.15, 0.2) is 24.3 Å². The van der Waals surface area contributed by atoms with E-state index in [2.05, 4.69) is 6.58 Å². The van der Waals surface area contributed by atoms with Crippen molar-refractivity contribution in [1.82, 2.24) is 0 Å². The van der Waals surface area contributed by atoms with Crippen LogP contribution in [0, 0.1) is 0 Å². The van der Waals surface area contributed by atoms with Gasteiger partial charge in [-0.25, -0.2) is 0 Å². The molecule has 1 atom stereocenters. The van der Waals surface area contributed by atoms with Gasteiger partial charge in [0.25, 0.3) is 0 Å². The van der Waals surface area contributed by atoms with Crippen molar-refractivity contribution in [1.29, 1.82) is 0 Å². The van der Waals surface area contributed by atoms with Gasteiger partial charge in [-0.05, 0) is 24.1 Å². The molecule has 0 unspecified atom stereocenters. The summed E-state index contributed by atoms with van der Waals surface area (Å²) in [6.45, 7) is 5.82. The Balaban J connectivity index is 2.39. The molecule has 1 heterocycles. The van der Waals surface area contributed by atoms with Gasteiger partial charge in [-0.15, -0.1) is 0 Å². The zero-order chi connectivity index (χ0) is 11.7. The lowest BCUT2D eigenvalue weighted by Crippen LogP contribution is -2.13. The fourth-order valence-corrected chi connectivity index (χ4v) is 1.83. The number of carbonyl (C=O) groups is 1.